The molecule has 0 heterocycles. The minimum Gasteiger partial charge on any atom is -0.507 e. The van der Waals surface area contributed by atoms with Crippen molar-refractivity contribution in [2.24, 2.45) is 10.2 Å². The maximum absolute atomic E-state index is 13.4. The number of nitrogens with two attached hydrogens (primary N) is 1. The molecule has 22 nitrogen and oxygen atoms in total. The molecule has 4 aromatic rings. The van der Waals surface area contributed by atoms with Crippen molar-refractivity contribution >= 4 is 92.7 Å². The molecule has 0 aliphatic heterocycles. The van der Waals surface area contributed by atoms with Crippen LogP contribution in [0.15, 0.2) is 90.5 Å². The topological polar surface area (TPSA) is 365 Å². The monoisotopic (exact) mass is 905 g/mol. The number of phenols is 1. The number of fused-ring (bicyclic) bond motifs is 2. The number of allylic oxidation sites excluding steroid dienone is 2. The van der Waals surface area contributed by atoms with Gasteiger partial charge in [0.1, 0.15) is 37.7 Å². The van der Waals surface area contributed by atoms with Crippen molar-refractivity contribution < 1.29 is 76.1 Å². The lowest BCUT2D eigenvalue weighted by atomic mass is 9.93. The molecule has 0 unspecified atom stereocenters. The van der Waals surface area contributed by atoms with Crippen molar-refractivity contribution in [3.63, 3.8) is 0 Å². The number of aromatic hydroxyl groups is 1. The molecule has 0 atom stereocenters. The van der Waals surface area contributed by atoms with E-state index in [2.05, 4.69) is 21.1 Å². The number of ketones is 2. The fourth-order valence-corrected chi connectivity index (χ4v) is 8.63. The molecule has 9 N–H and O–H groups in total. The summed E-state index contributed by atoms with van der Waals surface area (Å²) in [5, 5.41) is 18.3. The van der Waals surface area contributed by atoms with Crippen LogP contribution in [-0.4, -0.2) is 94.2 Å². The number of benzene rings is 4. The second kappa shape index (κ2) is 15.3. The van der Waals surface area contributed by atoms with E-state index in [1.54, 1.807) is 12.1 Å². The van der Waals surface area contributed by atoms with Gasteiger partial charge in [0, 0.05) is 11.6 Å². The summed E-state index contributed by atoms with van der Waals surface area (Å²) >= 11 is 0. The van der Waals surface area contributed by atoms with Crippen LogP contribution >= 0.6 is 0 Å². The predicted molar refractivity (Wildman–Crippen MR) is 213 cm³/mol. The second-order valence-electron chi connectivity index (χ2n) is 12.4. The van der Waals surface area contributed by atoms with Crippen molar-refractivity contribution in [1.29, 1.82) is 0 Å². The van der Waals surface area contributed by atoms with Crippen LogP contribution in [0.25, 0.3) is 23.3 Å². The van der Waals surface area contributed by atoms with Crippen molar-refractivity contribution in [3.8, 4) is 28.4 Å². The molecule has 0 radical (unpaired) electrons. The van der Waals surface area contributed by atoms with E-state index in [0.29, 0.717) is 35.4 Å². The Kier molecular flexibility index (Phi) is 11.0. The van der Waals surface area contributed by atoms with E-state index in [4.69, 9.17) is 15.2 Å². The van der Waals surface area contributed by atoms with Crippen molar-refractivity contribution in [2.45, 2.75) is 14.7 Å². The Bertz CT molecular complexity index is 3180. The lowest BCUT2D eigenvalue weighted by Gasteiger charge is -2.18. The molecule has 0 aromatic heterocycles. The zero-order valence-corrected chi connectivity index (χ0v) is 33.4. The molecule has 0 saturated heterocycles. The van der Waals surface area contributed by atoms with Crippen LogP contribution < -0.4 is 26.1 Å². The standard InChI is InChI=1S/C34H27N5O17S4/c1-55-24-10-15(3-6-20(24)36-38-22-8-5-19-26(58(46,47)48)14-27(59(49,50)51)31(35)30(19)33(22)41)16-4-7-21(25(11-16)56-2)37-39-32-28(60(52,53)54)12-17-9-18(57(43,44)45)13-23(40)29(17)34(32)42/h3-14,36-37,40H,35H2,1-2H3,(H,43,44,45)(H,46,47,48)(H,49,50,51)(H,52,53,54)/b38-22+,39-32+. The summed E-state index contributed by atoms with van der Waals surface area (Å²) < 4.78 is 145. The third kappa shape index (κ3) is 8.20. The third-order valence-electron chi connectivity index (χ3n) is 8.74. The number of carbonyl (C=O) groups is 2. The molecule has 60 heavy (non-hydrogen) atoms. The minimum atomic E-state index is -5.19. The predicted octanol–water partition coefficient (Wildman–Crippen LogP) is 2.97. The maximum Gasteiger partial charge on any atom is 0.296 e. The molecular formula is C34H27N5O17S4. The number of nitrogens with zero attached hydrogens (tertiary/aromatic N) is 2. The Labute approximate surface area is 339 Å². The van der Waals surface area contributed by atoms with E-state index in [0.717, 1.165) is 12.2 Å². The van der Waals surface area contributed by atoms with Gasteiger partial charge in [-0.3, -0.25) is 38.7 Å². The van der Waals surface area contributed by atoms with Crippen molar-refractivity contribution in [1.82, 2.24) is 0 Å². The first-order valence-corrected chi connectivity index (χ1v) is 21.9. The summed E-state index contributed by atoms with van der Waals surface area (Å²) in [7, 11) is -17.8. The van der Waals surface area contributed by atoms with E-state index in [9.17, 15) is 66.6 Å². The molecule has 2 aliphatic rings. The summed E-state index contributed by atoms with van der Waals surface area (Å²) in [6.07, 6.45) is 2.80. The van der Waals surface area contributed by atoms with Gasteiger partial charge >= 0.3 is 0 Å². The van der Waals surface area contributed by atoms with Gasteiger partial charge < -0.3 is 20.3 Å². The van der Waals surface area contributed by atoms with Crippen molar-refractivity contribution in [2.75, 3.05) is 30.8 Å². The number of carbonyl (C=O) groups excluding carboxylic acids is 2. The van der Waals surface area contributed by atoms with E-state index in [-0.39, 0.29) is 22.9 Å². The summed E-state index contributed by atoms with van der Waals surface area (Å²) in [5.74, 6) is -2.99. The first-order valence-electron chi connectivity index (χ1n) is 16.1. The number of hydrazone groups is 2. The first kappa shape index (κ1) is 43.1. The second-order valence-corrected chi connectivity index (χ2v) is 18.0. The van der Waals surface area contributed by atoms with Crippen LogP contribution in [0.1, 0.15) is 31.8 Å². The largest absolute Gasteiger partial charge is 0.507 e. The normalized spacial score (nSPS) is 15.7. The smallest absolute Gasteiger partial charge is 0.296 e. The van der Waals surface area contributed by atoms with E-state index in [1.807, 2.05) is 0 Å². The Morgan fingerprint density at radius 3 is 1.68 bits per heavy atom. The van der Waals surface area contributed by atoms with E-state index >= 15 is 0 Å². The highest BCUT2D eigenvalue weighted by Gasteiger charge is 2.36. The van der Waals surface area contributed by atoms with Gasteiger partial charge in [-0.1, -0.05) is 18.2 Å². The zero-order chi connectivity index (χ0) is 44.3. The van der Waals surface area contributed by atoms with Gasteiger partial charge in [0.15, 0.2) is 5.71 Å². The Morgan fingerprint density at radius 1 is 0.633 bits per heavy atom. The number of nitrogens with one attached hydrogen (secondary N) is 2. The number of rotatable bonds is 11. The number of anilines is 3. The average molecular weight is 906 g/mol. The highest BCUT2D eigenvalue weighted by atomic mass is 32.2. The van der Waals surface area contributed by atoms with Gasteiger partial charge in [-0.05, 0) is 65.2 Å². The highest BCUT2D eigenvalue weighted by molar-refractivity contribution is 7.91. The molecule has 0 fully saturated rings. The molecule has 26 heteroatoms. The van der Waals surface area contributed by atoms with Crippen molar-refractivity contribution in [3.05, 3.63) is 87.8 Å². The zero-order valence-electron chi connectivity index (χ0n) is 30.2. The lowest BCUT2D eigenvalue weighted by Crippen LogP contribution is -2.27. The number of Topliss-reactive ketones (excluding diaryl/α,β-unsaturated/α-hetero) is 2. The van der Waals surface area contributed by atoms with Gasteiger partial charge in [0.2, 0.25) is 11.6 Å². The van der Waals surface area contributed by atoms with Crippen LogP contribution in [0.3, 0.4) is 0 Å². The quantitative estimate of drug-likeness (QED) is 0.0609. The molecule has 4 aromatic carbocycles. The number of hydrogen-bond acceptors (Lipinski definition) is 18. The van der Waals surface area contributed by atoms with E-state index in [1.165, 1.54) is 38.5 Å². The molecule has 0 amide bonds. The number of nitrogen functional groups attached to an aromatic ring is 1. The maximum atomic E-state index is 13.4. The molecule has 2 aliphatic carbocycles. The summed E-state index contributed by atoms with van der Waals surface area (Å²) in [5.41, 5.74) is 7.98. The van der Waals surface area contributed by atoms with Crippen LogP contribution in [-0.2, 0) is 40.5 Å². The Hall–Kier alpha value is -6.52. The van der Waals surface area contributed by atoms with Gasteiger partial charge in [-0.25, -0.2) is 0 Å². The number of hydrogen-bond donors (Lipinski definition) is 8. The summed E-state index contributed by atoms with van der Waals surface area (Å²) in [6.45, 7) is 0. The highest BCUT2D eigenvalue weighted by Crippen LogP contribution is 2.38. The first-order chi connectivity index (χ1) is 27.8. The van der Waals surface area contributed by atoms with Crippen LogP contribution in [0.2, 0.25) is 0 Å². The molecule has 0 bridgehead atoms. The Balaban J connectivity index is 1.29. The van der Waals surface area contributed by atoms with Gasteiger partial charge in [0.05, 0.1) is 47.3 Å². The van der Waals surface area contributed by atoms with E-state index < -0.39 is 117 Å². The molecular weight excluding hydrogens is 879 g/mol. The number of phenolic OH excluding ortho intramolecular Hbond substituents is 1. The summed E-state index contributed by atoms with van der Waals surface area (Å²) in [4.78, 5) is 22.7. The SMILES string of the molecule is COc1cc(-c2ccc(N/N=C3\C=Cc4c(S(=O)(=O)O)cc(S(=O)(=O)O)c(N)c4C3=O)c(OC)c2)ccc1N/N=C1/C(=O)c2c(O)cc(S(=O)(=O)O)cc2C=C1S(=O)(=O)O. The Morgan fingerprint density at radius 2 is 1.18 bits per heavy atom. The number of methoxy groups -OCH3 is 2. The van der Waals surface area contributed by atoms with Gasteiger partial charge in [0.25, 0.3) is 40.5 Å². The lowest BCUT2D eigenvalue weighted by molar-refractivity contribution is 0.105. The average Bonchev–Trinajstić information content (AvgIpc) is 3.15. The molecule has 6 rings (SSSR count). The number of ether oxygens (including phenoxy) is 2. The fourth-order valence-electron chi connectivity index (χ4n) is 5.99. The van der Waals surface area contributed by atoms with Crippen LogP contribution in [0.5, 0.6) is 17.2 Å². The summed E-state index contributed by atoms with van der Waals surface area (Å²) in [6, 6.07) is 10.8. The van der Waals surface area contributed by atoms with Gasteiger partial charge in [-0.15, -0.1) is 0 Å². The van der Waals surface area contributed by atoms with Gasteiger partial charge in [-0.2, -0.15) is 43.9 Å². The fraction of sp³-hybridized carbons (Fsp3) is 0.0588. The van der Waals surface area contributed by atoms with Crippen LogP contribution in [0, 0.1) is 0 Å². The molecule has 314 valence electrons. The molecule has 0 saturated carbocycles. The van der Waals surface area contributed by atoms with Crippen LogP contribution in [0.4, 0.5) is 17.1 Å². The minimum absolute atomic E-state index is 0.0638. The third-order valence-corrected chi connectivity index (χ3v) is 12.2. The molecule has 0 spiro atoms.